The van der Waals surface area contributed by atoms with Gasteiger partial charge in [0, 0.05) is 12.2 Å². The molecule has 1 unspecified atom stereocenters. The fourth-order valence-electron chi connectivity index (χ4n) is 5.17. The molecule has 7 heteroatoms. The molecular weight excluding hydrogens is 458 g/mol. The number of amides is 2. The SMILES string of the molecule is O=C(COC(=O)c1ccc2c(c1)C(=O)N(CC1CCCO1)C2=O)c1ccc2c(c1)-c1ccccc1C2. The molecule has 1 aliphatic carbocycles. The summed E-state index contributed by atoms with van der Waals surface area (Å²) < 4.78 is 10.8. The average Bonchev–Trinajstić information content (AvgIpc) is 3.61. The quantitative estimate of drug-likeness (QED) is 0.234. The maximum Gasteiger partial charge on any atom is 0.338 e. The van der Waals surface area contributed by atoms with Crippen molar-refractivity contribution in [2.75, 3.05) is 19.8 Å². The summed E-state index contributed by atoms with van der Waals surface area (Å²) in [4.78, 5) is 52.2. The molecule has 0 radical (unpaired) electrons. The molecule has 1 fully saturated rings. The smallest absolute Gasteiger partial charge is 0.338 e. The van der Waals surface area contributed by atoms with Crippen molar-refractivity contribution in [1.82, 2.24) is 4.90 Å². The van der Waals surface area contributed by atoms with Crippen LogP contribution in [-0.4, -0.2) is 54.3 Å². The number of ether oxygens (including phenoxy) is 2. The monoisotopic (exact) mass is 481 g/mol. The van der Waals surface area contributed by atoms with Crippen LogP contribution in [0.1, 0.15) is 65.4 Å². The molecule has 7 nitrogen and oxygen atoms in total. The highest BCUT2D eigenvalue weighted by molar-refractivity contribution is 6.22. The van der Waals surface area contributed by atoms with Gasteiger partial charge in [-0.2, -0.15) is 0 Å². The predicted molar refractivity (Wildman–Crippen MR) is 130 cm³/mol. The van der Waals surface area contributed by atoms with Gasteiger partial charge in [-0.1, -0.05) is 36.4 Å². The van der Waals surface area contributed by atoms with E-state index in [1.807, 2.05) is 30.3 Å². The third-order valence-electron chi connectivity index (χ3n) is 7.07. The van der Waals surface area contributed by atoms with Crippen molar-refractivity contribution in [3.63, 3.8) is 0 Å². The highest BCUT2D eigenvalue weighted by Crippen LogP contribution is 2.37. The van der Waals surface area contributed by atoms with Crippen molar-refractivity contribution in [3.8, 4) is 11.1 Å². The van der Waals surface area contributed by atoms with E-state index in [0.717, 1.165) is 36.0 Å². The topological polar surface area (TPSA) is 90.0 Å². The van der Waals surface area contributed by atoms with Gasteiger partial charge in [0.2, 0.25) is 0 Å². The first kappa shape index (κ1) is 22.4. The molecule has 3 aromatic rings. The van der Waals surface area contributed by atoms with E-state index in [-0.39, 0.29) is 35.1 Å². The van der Waals surface area contributed by atoms with Crippen molar-refractivity contribution in [2.45, 2.75) is 25.4 Å². The number of rotatable bonds is 6. The van der Waals surface area contributed by atoms with Gasteiger partial charge < -0.3 is 9.47 Å². The second-order valence-corrected chi connectivity index (χ2v) is 9.32. The van der Waals surface area contributed by atoms with Crippen LogP contribution in [0.25, 0.3) is 11.1 Å². The second kappa shape index (κ2) is 8.84. The van der Waals surface area contributed by atoms with Crippen LogP contribution in [-0.2, 0) is 15.9 Å². The number of hydrogen-bond acceptors (Lipinski definition) is 6. The molecule has 0 saturated carbocycles. The van der Waals surface area contributed by atoms with Gasteiger partial charge in [0.1, 0.15) is 0 Å². The Balaban J connectivity index is 1.13. The molecule has 2 heterocycles. The van der Waals surface area contributed by atoms with Crippen molar-refractivity contribution < 1.29 is 28.7 Å². The fraction of sp³-hybridized carbons (Fsp3) is 0.241. The van der Waals surface area contributed by atoms with Crippen LogP contribution in [0.4, 0.5) is 0 Å². The summed E-state index contributed by atoms with van der Waals surface area (Å²) in [6.07, 6.45) is 2.38. The Labute approximate surface area is 207 Å². The van der Waals surface area contributed by atoms with Gasteiger partial charge in [0.15, 0.2) is 12.4 Å². The molecule has 0 bridgehead atoms. The summed E-state index contributed by atoms with van der Waals surface area (Å²) in [5.74, 6) is -1.88. The summed E-state index contributed by atoms with van der Waals surface area (Å²) in [7, 11) is 0. The molecule has 0 aromatic heterocycles. The number of hydrogen-bond donors (Lipinski definition) is 0. The van der Waals surface area contributed by atoms with Crippen molar-refractivity contribution in [1.29, 1.82) is 0 Å². The van der Waals surface area contributed by atoms with Crippen LogP contribution >= 0.6 is 0 Å². The van der Waals surface area contributed by atoms with Crippen LogP contribution in [0.15, 0.2) is 60.7 Å². The molecule has 6 rings (SSSR count). The number of nitrogens with zero attached hydrogens (tertiary/aromatic N) is 1. The molecular formula is C29H23NO6. The second-order valence-electron chi connectivity index (χ2n) is 9.32. The molecule has 2 amide bonds. The van der Waals surface area contributed by atoms with E-state index in [2.05, 4.69) is 6.07 Å². The number of imide groups is 1. The van der Waals surface area contributed by atoms with Crippen LogP contribution in [0.2, 0.25) is 0 Å². The minimum atomic E-state index is -0.726. The summed E-state index contributed by atoms with van der Waals surface area (Å²) in [5.41, 5.74) is 5.53. The molecule has 3 aromatic carbocycles. The fourth-order valence-corrected chi connectivity index (χ4v) is 5.17. The first-order valence-electron chi connectivity index (χ1n) is 12.0. The van der Waals surface area contributed by atoms with Crippen LogP contribution in [0, 0.1) is 0 Å². The third-order valence-corrected chi connectivity index (χ3v) is 7.07. The van der Waals surface area contributed by atoms with E-state index in [0.29, 0.717) is 12.2 Å². The van der Waals surface area contributed by atoms with E-state index < -0.39 is 24.4 Å². The Morgan fingerprint density at radius 3 is 2.44 bits per heavy atom. The average molecular weight is 482 g/mol. The van der Waals surface area contributed by atoms with Crippen molar-refractivity contribution in [3.05, 3.63) is 94.0 Å². The first-order valence-corrected chi connectivity index (χ1v) is 12.0. The Kier molecular flexibility index (Phi) is 5.49. The van der Waals surface area contributed by atoms with Gasteiger partial charge in [0.05, 0.1) is 29.3 Å². The number of esters is 1. The standard InChI is InChI=1S/C29H23NO6/c31-26(19-8-7-18-12-17-4-1-2-6-22(17)24(18)13-19)16-36-29(34)20-9-10-23-25(14-20)28(33)30(27(23)32)15-21-5-3-11-35-21/h1-2,4,6-10,13-14,21H,3,5,11-12,15-16H2. The molecule has 1 saturated heterocycles. The Hall–Kier alpha value is -4.10. The highest BCUT2D eigenvalue weighted by Gasteiger charge is 2.38. The van der Waals surface area contributed by atoms with E-state index in [9.17, 15) is 19.2 Å². The molecule has 3 aliphatic rings. The van der Waals surface area contributed by atoms with Gasteiger partial charge in [-0.15, -0.1) is 0 Å². The normalized spacial score (nSPS) is 17.7. The molecule has 1 atom stereocenters. The lowest BCUT2D eigenvalue weighted by atomic mass is 10.0. The minimum Gasteiger partial charge on any atom is -0.454 e. The zero-order valence-electron chi connectivity index (χ0n) is 19.5. The molecule has 0 spiro atoms. The minimum absolute atomic E-state index is 0.115. The van der Waals surface area contributed by atoms with E-state index in [1.54, 1.807) is 6.07 Å². The maximum absolute atomic E-state index is 12.8. The lowest BCUT2D eigenvalue weighted by molar-refractivity contribution is 0.0473. The van der Waals surface area contributed by atoms with Crippen LogP contribution in [0.3, 0.4) is 0 Å². The Morgan fingerprint density at radius 2 is 1.61 bits per heavy atom. The number of fused-ring (bicyclic) bond motifs is 4. The summed E-state index contributed by atoms with van der Waals surface area (Å²) in [5, 5.41) is 0. The largest absolute Gasteiger partial charge is 0.454 e. The summed E-state index contributed by atoms with van der Waals surface area (Å²) in [6.45, 7) is 0.404. The maximum atomic E-state index is 12.8. The van der Waals surface area contributed by atoms with Crippen LogP contribution < -0.4 is 0 Å². The summed E-state index contributed by atoms with van der Waals surface area (Å²) >= 11 is 0. The first-order chi connectivity index (χ1) is 17.5. The Morgan fingerprint density at radius 1 is 0.861 bits per heavy atom. The zero-order chi connectivity index (χ0) is 24.8. The molecule has 36 heavy (non-hydrogen) atoms. The Bertz CT molecular complexity index is 1440. The van der Waals surface area contributed by atoms with Gasteiger partial charge in [-0.25, -0.2) is 4.79 Å². The van der Waals surface area contributed by atoms with E-state index in [4.69, 9.17) is 9.47 Å². The number of carbonyl (C=O) groups is 4. The van der Waals surface area contributed by atoms with E-state index in [1.165, 1.54) is 28.7 Å². The van der Waals surface area contributed by atoms with Gasteiger partial charge >= 0.3 is 5.97 Å². The highest BCUT2D eigenvalue weighted by atomic mass is 16.5. The van der Waals surface area contributed by atoms with Gasteiger partial charge in [0.25, 0.3) is 11.8 Å². The number of carbonyl (C=O) groups excluding carboxylic acids is 4. The zero-order valence-corrected chi connectivity index (χ0v) is 19.5. The van der Waals surface area contributed by atoms with Gasteiger partial charge in [-0.3, -0.25) is 19.3 Å². The molecule has 180 valence electrons. The molecule has 2 aliphatic heterocycles. The summed E-state index contributed by atoms with van der Waals surface area (Å²) in [6, 6.07) is 17.9. The predicted octanol–water partition coefficient (Wildman–Crippen LogP) is 4.07. The lowest BCUT2D eigenvalue weighted by Gasteiger charge is -2.17. The number of ketones is 1. The molecule has 0 N–H and O–H groups in total. The lowest BCUT2D eigenvalue weighted by Crippen LogP contribution is -2.36. The van der Waals surface area contributed by atoms with Gasteiger partial charge in [-0.05, 0) is 65.8 Å². The van der Waals surface area contributed by atoms with Crippen LogP contribution in [0.5, 0.6) is 0 Å². The van der Waals surface area contributed by atoms with Crippen molar-refractivity contribution >= 4 is 23.6 Å². The van der Waals surface area contributed by atoms with E-state index >= 15 is 0 Å². The van der Waals surface area contributed by atoms with Crippen molar-refractivity contribution in [2.24, 2.45) is 0 Å². The third kappa shape index (κ3) is 3.82. The number of benzene rings is 3. The number of Topliss-reactive ketones (excluding diaryl/α,β-unsaturated/α-hetero) is 1.